The van der Waals surface area contributed by atoms with Gasteiger partial charge in [0.25, 0.3) is 0 Å². The fraction of sp³-hybridized carbons (Fsp3) is 0.250. The lowest BCUT2D eigenvalue weighted by atomic mass is 10.1. The van der Waals surface area contributed by atoms with Crippen molar-refractivity contribution in [3.8, 4) is 0 Å². The van der Waals surface area contributed by atoms with Crippen LogP contribution in [0.25, 0.3) is 0 Å². The Balaban J connectivity index is 3.41. The van der Waals surface area contributed by atoms with Crippen LogP contribution in [0.1, 0.15) is 18.6 Å². The Labute approximate surface area is 81.3 Å². The zero-order valence-electron chi connectivity index (χ0n) is 6.61. The molecule has 0 bridgehead atoms. The number of hydrogen-bond donors (Lipinski definition) is 1. The van der Waals surface area contributed by atoms with Crippen LogP contribution in [-0.2, 0) is 0 Å². The molecule has 0 fully saturated rings. The van der Waals surface area contributed by atoms with Crippen molar-refractivity contribution in [3.05, 3.63) is 33.6 Å². The van der Waals surface area contributed by atoms with Crippen molar-refractivity contribution >= 4 is 15.9 Å². The summed E-state index contributed by atoms with van der Waals surface area (Å²) in [5.41, 5.74) is -0.272. The molecular formula is C8H6BrF3O. The first-order valence-corrected chi connectivity index (χ1v) is 4.25. The van der Waals surface area contributed by atoms with E-state index >= 15 is 0 Å². The Morgan fingerprint density at radius 1 is 1.31 bits per heavy atom. The summed E-state index contributed by atoms with van der Waals surface area (Å²) in [6, 6.07) is 0.639. The van der Waals surface area contributed by atoms with Gasteiger partial charge in [0.2, 0.25) is 0 Å². The number of halogens is 4. The monoisotopic (exact) mass is 254 g/mol. The molecule has 5 heteroatoms. The maximum atomic E-state index is 13.1. The lowest BCUT2D eigenvalue weighted by Crippen LogP contribution is -2.01. The second-order valence-corrected chi connectivity index (χ2v) is 3.36. The Morgan fingerprint density at radius 3 is 2.31 bits per heavy atom. The minimum absolute atomic E-state index is 0.272. The van der Waals surface area contributed by atoms with Crippen molar-refractivity contribution in [2.75, 3.05) is 0 Å². The van der Waals surface area contributed by atoms with Gasteiger partial charge in [-0.1, -0.05) is 0 Å². The molecule has 0 aliphatic heterocycles. The van der Waals surface area contributed by atoms with E-state index in [1.165, 1.54) is 6.92 Å². The van der Waals surface area contributed by atoms with E-state index in [1.54, 1.807) is 0 Å². The summed E-state index contributed by atoms with van der Waals surface area (Å²) in [5, 5.41) is 8.99. The van der Waals surface area contributed by atoms with E-state index in [-0.39, 0.29) is 5.56 Å². The first-order valence-electron chi connectivity index (χ1n) is 3.46. The minimum Gasteiger partial charge on any atom is -0.389 e. The van der Waals surface area contributed by atoms with E-state index in [4.69, 9.17) is 5.11 Å². The molecule has 0 amide bonds. The van der Waals surface area contributed by atoms with Gasteiger partial charge in [-0.25, -0.2) is 13.2 Å². The fourth-order valence-electron chi connectivity index (χ4n) is 0.895. The number of benzene rings is 1. The van der Waals surface area contributed by atoms with Gasteiger partial charge in [-0.2, -0.15) is 0 Å². The Kier molecular flexibility index (Phi) is 2.98. The highest BCUT2D eigenvalue weighted by molar-refractivity contribution is 9.10. The topological polar surface area (TPSA) is 20.2 Å². The third-order valence-corrected chi connectivity index (χ3v) is 2.28. The van der Waals surface area contributed by atoms with E-state index in [0.29, 0.717) is 6.07 Å². The fourth-order valence-corrected chi connectivity index (χ4v) is 1.31. The van der Waals surface area contributed by atoms with Crippen molar-refractivity contribution in [2.45, 2.75) is 13.0 Å². The molecule has 1 aromatic carbocycles. The van der Waals surface area contributed by atoms with Gasteiger partial charge in [-0.15, -0.1) is 0 Å². The molecule has 1 nitrogen and oxygen atoms in total. The quantitative estimate of drug-likeness (QED) is 0.604. The van der Waals surface area contributed by atoms with Crippen LogP contribution in [0.5, 0.6) is 0 Å². The highest BCUT2D eigenvalue weighted by Crippen LogP contribution is 2.28. The summed E-state index contributed by atoms with van der Waals surface area (Å²) in [6.45, 7) is 1.27. The van der Waals surface area contributed by atoms with Gasteiger partial charge < -0.3 is 5.11 Å². The van der Waals surface area contributed by atoms with Gasteiger partial charge in [0.15, 0.2) is 11.6 Å². The second kappa shape index (κ2) is 3.67. The highest BCUT2D eigenvalue weighted by atomic mass is 79.9. The smallest absolute Gasteiger partial charge is 0.175 e. The predicted molar refractivity (Wildman–Crippen MR) is 44.6 cm³/mol. The van der Waals surface area contributed by atoms with E-state index in [1.807, 2.05) is 0 Å². The molecule has 0 saturated heterocycles. The van der Waals surface area contributed by atoms with Crippen molar-refractivity contribution in [1.29, 1.82) is 0 Å². The standard InChI is InChI=1S/C8H6BrF3O/c1-3(13)4-2-5(10)8(12)6(9)7(4)11/h2-3,13H,1H3. The lowest BCUT2D eigenvalue weighted by molar-refractivity contribution is 0.193. The summed E-state index contributed by atoms with van der Waals surface area (Å²) in [5.74, 6) is -3.46. The molecule has 0 heterocycles. The average molecular weight is 255 g/mol. The van der Waals surface area contributed by atoms with Crippen LogP contribution in [0.4, 0.5) is 13.2 Å². The Bertz CT molecular complexity index is 339. The molecule has 1 rings (SSSR count). The third kappa shape index (κ3) is 1.86. The molecule has 0 saturated carbocycles. The lowest BCUT2D eigenvalue weighted by Gasteiger charge is -2.08. The summed E-state index contributed by atoms with van der Waals surface area (Å²) in [4.78, 5) is 0. The molecule has 1 atom stereocenters. The molecular weight excluding hydrogens is 249 g/mol. The molecule has 0 radical (unpaired) electrons. The normalized spacial score (nSPS) is 13.1. The van der Waals surface area contributed by atoms with Crippen LogP contribution in [-0.4, -0.2) is 5.11 Å². The van der Waals surface area contributed by atoms with Crippen LogP contribution >= 0.6 is 15.9 Å². The SMILES string of the molecule is CC(O)c1cc(F)c(F)c(Br)c1F. The molecule has 13 heavy (non-hydrogen) atoms. The Morgan fingerprint density at radius 2 is 1.85 bits per heavy atom. The molecule has 0 spiro atoms. The molecule has 0 aromatic heterocycles. The largest absolute Gasteiger partial charge is 0.389 e. The maximum absolute atomic E-state index is 13.1. The highest BCUT2D eigenvalue weighted by Gasteiger charge is 2.18. The first kappa shape index (κ1) is 10.5. The van der Waals surface area contributed by atoms with Gasteiger partial charge in [0.1, 0.15) is 5.82 Å². The molecule has 0 aliphatic carbocycles. The van der Waals surface area contributed by atoms with Gasteiger partial charge in [0, 0.05) is 5.56 Å². The summed E-state index contributed by atoms with van der Waals surface area (Å²) in [6.07, 6.45) is -1.17. The van der Waals surface area contributed by atoms with Crippen LogP contribution in [0, 0.1) is 17.5 Å². The van der Waals surface area contributed by atoms with Crippen molar-refractivity contribution in [1.82, 2.24) is 0 Å². The van der Waals surface area contributed by atoms with E-state index in [0.717, 1.165) is 0 Å². The van der Waals surface area contributed by atoms with Crippen molar-refractivity contribution < 1.29 is 18.3 Å². The summed E-state index contributed by atoms with van der Waals surface area (Å²) in [7, 11) is 0. The number of rotatable bonds is 1. The predicted octanol–water partition coefficient (Wildman–Crippen LogP) is 2.92. The molecule has 1 aromatic rings. The second-order valence-electron chi connectivity index (χ2n) is 2.57. The molecule has 1 unspecified atom stereocenters. The van der Waals surface area contributed by atoms with Crippen LogP contribution in [0.2, 0.25) is 0 Å². The molecule has 0 aliphatic rings. The van der Waals surface area contributed by atoms with Gasteiger partial charge in [-0.05, 0) is 28.9 Å². The summed E-state index contributed by atoms with van der Waals surface area (Å²) >= 11 is 2.55. The zero-order valence-corrected chi connectivity index (χ0v) is 8.20. The van der Waals surface area contributed by atoms with E-state index in [9.17, 15) is 13.2 Å². The first-order chi connectivity index (χ1) is 5.95. The molecule has 72 valence electrons. The van der Waals surface area contributed by atoms with Crippen LogP contribution in [0.3, 0.4) is 0 Å². The van der Waals surface area contributed by atoms with Gasteiger partial charge in [-0.3, -0.25) is 0 Å². The minimum atomic E-state index is -1.29. The van der Waals surface area contributed by atoms with Crippen molar-refractivity contribution in [3.63, 3.8) is 0 Å². The average Bonchev–Trinajstić information content (AvgIpc) is 2.07. The van der Waals surface area contributed by atoms with Crippen molar-refractivity contribution in [2.24, 2.45) is 0 Å². The number of aliphatic hydroxyl groups is 1. The van der Waals surface area contributed by atoms with Crippen LogP contribution < -0.4 is 0 Å². The Hall–Kier alpha value is -0.550. The van der Waals surface area contributed by atoms with E-state index < -0.39 is 28.0 Å². The number of hydrogen-bond acceptors (Lipinski definition) is 1. The van der Waals surface area contributed by atoms with Gasteiger partial charge in [0.05, 0.1) is 10.6 Å². The zero-order chi connectivity index (χ0) is 10.2. The maximum Gasteiger partial charge on any atom is 0.175 e. The third-order valence-electron chi connectivity index (χ3n) is 1.58. The van der Waals surface area contributed by atoms with Gasteiger partial charge >= 0.3 is 0 Å². The van der Waals surface area contributed by atoms with Crippen LogP contribution in [0.15, 0.2) is 10.5 Å². The summed E-state index contributed by atoms with van der Waals surface area (Å²) < 4.78 is 37.9. The molecule has 1 N–H and O–H groups in total. The van der Waals surface area contributed by atoms with E-state index in [2.05, 4.69) is 15.9 Å². The number of aliphatic hydroxyl groups excluding tert-OH is 1.